The number of hydrogen-bond donors (Lipinski definition) is 1. The minimum Gasteiger partial charge on any atom is -0.377 e. The van der Waals surface area contributed by atoms with E-state index in [1.54, 1.807) is 0 Å². The zero-order chi connectivity index (χ0) is 24.8. The van der Waals surface area contributed by atoms with Gasteiger partial charge in [-0.2, -0.15) is 0 Å². The molecule has 0 aromatic carbocycles. The highest BCUT2D eigenvalue weighted by atomic mass is 31.2. The van der Waals surface area contributed by atoms with Gasteiger partial charge in [-0.05, 0) is 20.5 Å². The maximum absolute atomic E-state index is 12.0. The first-order valence-corrected chi connectivity index (χ1v) is 14.2. The smallest absolute Gasteiger partial charge is 0.377 e. The van der Waals surface area contributed by atoms with Crippen molar-refractivity contribution in [2.24, 2.45) is 0 Å². The number of phosphoric acid groups is 1. The van der Waals surface area contributed by atoms with Crippen LogP contribution in [0.2, 0.25) is 0 Å². The maximum atomic E-state index is 12.0. The molecule has 0 saturated carbocycles. The third-order valence-corrected chi connectivity index (χ3v) is 6.41. The Kier molecular flexibility index (Phi) is 21.9. The molecule has 0 aromatic heterocycles. The molecule has 0 fully saturated rings. The number of ketones is 1. The zero-order valence-electron chi connectivity index (χ0n) is 21.6. The van der Waals surface area contributed by atoms with Gasteiger partial charge in [0.05, 0.1) is 19.8 Å². The van der Waals surface area contributed by atoms with Crippen LogP contribution in [0, 0.1) is 0 Å². The van der Waals surface area contributed by atoms with Crippen molar-refractivity contribution in [2.75, 3.05) is 54.2 Å². The number of phosphoric ester groups is 1. The van der Waals surface area contributed by atoms with Gasteiger partial charge in [-0.15, -0.1) is 0 Å². The minimum absolute atomic E-state index is 0.0218. The Hall–Kier alpha value is -0.340. The first-order chi connectivity index (χ1) is 15.8. The fourth-order valence-corrected chi connectivity index (χ4v) is 4.02. The number of carbonyl (C=O) groups excluding carboxylic acids is 1. The minimum atomic E-state index is -4.13. The molecule has 0 aromatic rings. The molecule has 0 aliphatic rings. The summed E-state index contributed by atoms with van der Waals surface area (Å²) < 4.78 is 32.3. The summed E-state index contributed by atoms with van der Waals surface area (Å²) in [4.78, 5) is 23.5. The summed E-state index contributed by atoms with van der Waals surface area (Å²) in [7, 11) is 1.00. The van der Waals surface area contributed by atoms with Gasteiger partial charge in [0.25, 0.3) is 0 Å². The van der Waals surface area contributed by atoms with E-state index in [-0.39, 0.29) is 32.2 Å². The largest absolute Gasteiger partial charge is 0.472 e. The second-order valence-electron chi connectivity index (χ2n) is 8.95. The van der Waals surface area contributed by atoms with Gasteiger partial charge in [-0.1, -0.05) is 77.6 Å². The summed E-state index contributed by atoms with van der Waals surface area (Å²) in [5, 5.41) is 0. The van der Waals surface area contributed by atoms with Gasteiger partial charge in [0, 0.05) is 20.1 Å². The number of methoxy groups -OCH3 is 1. The molecule has 0 aliphatic heterocycles. The van der Waals surface area contributed by atoms with Crippen LogP contribution in [0.1, 0.15) is 90.4 Å². The Bertz CT molecular complexity index is 505. The normalized spacial score (nSPS) is 14.5. The highest BCUT2D eigenvalue weighted by Gasteiger charge is 2.23. The summed E-state index contributed by atoms with van der Waals surface area (Å²) in [6.45, 7) is 2.82. The average molecular weight is 496 g/mol. The molecule has 198 valence electrons. The Morgan fingerprint density at radius 3 is 1.94 bits per heavy atom. The number of unbranched alkanes of at least 4 members (excludes halogenated alkanes) is 11. The van der Waals surface area contributed by atoms with E-state index in [0.717, 1.165) is 12.8 Å². The number of rotatable bonds is 25. The first-order valence-electron chi connectivity index (χ1n) is 12.7. The van der Waals surface area contributed by atoms with E-state index in [1.807, 2.05) is 19.0 Å². The lowest BCUT2D eigenvalue weighted by Gasteiger charge is -2.18. The van der Waals surface area contributed by atoms with Gasteiger partial charge in [-0.3, -0.25) is 13.8 Å². The molecule has 9 heteroatoms. The van der Waals surface area contributed by atoms with Gasteiger partial charge in [0.2, 0.25) is 0 Å². The lowest BCUT2D eigenvalue weighted by molar-refractivity contribution is -0.125. The SMILES string of the molecule is CCCCCCCCCCCCCCC(=O)COCC(COP(=O)(O)OCCN(C)C)OC. The fraction of sp³-hybridized carbons (Fsp3) is 0.958. The van der Waals surface area contributed by atoms with Crippen LogP contribution in [0.3, 0.4) is 0 Å². The standard InChI is InChI=1S/C24H50NO7P/c1-5-6-7-8-9-10-11-12-13-14-15-16-17-23(26)20-30-21-24(29-4)22-32-33(27,28)31-19-18-25(2)3/h24H,5-22H2,1-4H3,(H,27,28). The molecule has 8 nitrogen and oxygen atoms in total. The van der Waals surface area contributed by atoms with Crippen LogP contribution in [0.4, 0.5) is 0 Å². The van der Waals surface area contributed by atoms with Gasteiger partial charge < -0.3 is 19.3 Å². The number of carbonyl (C=O) groups is 1. The van der Waals surface area contributed by atoms with Gasteiger partial charge >= 0.3 is 7.82 Å². The van der Waals surface area contributed by atoms with E-state index in [9.17, 15) is 14.3 Å². The monoisotopic (exact) mass is 495 g/mol. The van der Waals surface area contributed by atoms with Crippen LogP contribution >= 0.6 is 7.82 Å². The summed E-state index contributed by atoms with van der Waals surface area (Å²) >= 11 is 0. The molecule has 0 radical (unpaired) electrons. The van der Waals surface area contributed by atoms with Crippen molar-refractivity contribution >= 4 is 13.6 Å². The Balaban J connectivity index is 3.65. The highest BCUT2D eigenvalue weighted by molar-refractivity contribution is 7.47. The van der Waals surface area contributed by atoms with E-state index >= 15 is 0 Å². The van der Waals surface area contributed by atoms with E-state index < -0.39 is 13.9 Å². The van der Waals surface area contributed by atoms with E-state index in [4.69, 9.17) is 18.5 Å². The topological polar surface area (TPSA) is 94.5 Å². The molecular formula is C24H50NO7P. The predicted molar refractivity (Wildman–Crippen MR) is 133 cm³/mol. The number of ether oxygens (including phenoxy) is 2. The van der Waals surface area contributed by atoms with Crippen molar-refractivity contribution in [2.45, 2.75) is 96.5 Å². The van der Waals surface area contributed by atoms with Crippen LogP contribution < -0.4 is 0 Å². The number of Topliss-reactive ketones (excluding diaryl/α,β-unsaturated/α-hetero) is 1. The maximum Gasteiger partial charge on any atom is 0.472 e. The van der Waals surface area contributed by atoms with E-state index in [0.29, 0.717) is 13.0 Å². The van der Waals surface area contributed by atoms with Gasteiger partial charge in [0.1, 0.15) is 12.7 Å². The number of likely N-dealkylation sites (N-methyl/N-ethyl adjacent to an activating group) is 1. The summed E-state index contributed by atoms with van der Waals surface area (Å²) in [6.07, 6.45) is 15.2. The summed E-state index contributed by atoms with van der Waals surface area (Å²) in [5.41, 5.74) is 0. The lowest BCUT2D eigenvalue weighted by Crippen LogP contribution is -2.26. The van der Waals surface area contributed by atoms with Gasteiger partial charge in [-0.25, -0.2) is 4.57 Å². The number of hydrogen-bond acceptors (Lipinski definition) is 7. The quantitative estimate of drug-likeness (QED) is 0.133. The summed E-state index contributed by atoms with van der Waals surface area (Å²) in [6, 6.07) is 0. The Labute approximate surface area is 202 Å². The first kappa shape index (κ1) is 32.7. The van der Waals surface area contributed by atoms with Crippen molar-refractivity contribution < 1.29 is 32.8 Å². The molecule has 0 bridgehead atoms. The van der Waals surface area contributed by atoms with Crippen molar-refractivity contribution in [3.05, 3.63) is 0 Å². The highest BCUT2D eigenvalue weighted by Crippen LogP contribution is 2.43. The predicted octanol–water partition coefficient (Wildman–Crippen LogP) is 5.37. The van der Waals surface area contributed by atoms with Crippen LogP contribution in [0.25, 0.3) is 0 Å². The Morgan fingerprint density at radius 1 is 0.879 bits per heavy atom. The molecule has 33 heavy (non-hydrogen) atoms. The molecule has 0 saturated heterocycles. The summed E-state index contributed by atoms with van der Waals surface area (Å²) in [5.74, 6) is 0.0673. The molecule has 0 spiro atoms. The van der Waals surface area contributed by atoms with Crippen LogP contribution in [0.15, 0.2) is 0 Å². The van der Waals surface area contributed by atoms with Crippen LogP contribution in [-0.2, 0) is 27.9 Å². The molecule has 1 N–H and O–H groups in total. The molecule has 2 unspecified atom stereocenters. The molecule has 0 heterocycles. The molecular weight excluding hydrogens is 445 g/mol. The van der Waals surface area contributed by atoms with Crippen LogP contribution in [0.5, 0.6) is 0 Å². The van der Waals surface area contributed by atoms with E-state index in [1.165, 1.54) is 71.3 Å². The fourth-order valence-electron chi connectivity index (χ4n) is 3.28. The molecule has 0 aliphatic carbocycles. The van der Waals surface area contributed by atoms with E-state index in [2.05, 4.69) is 6.92 Å². The third kappa shape index (κ3) is 23.2. The average Bonchev–Trinajstić information content (AvgIpc) is 2.76. The van der Waals surface area contributed by atoms with Crippen molar-refractivity contribution in [3.63, 3.8) is 0 Å². The zero-order valence-corrected chi connectivity index (χ0v) is 22.5. The lowest BCUT2D eigenvalue weighted by atomic mass is 10.0. The molecule has 2 atom stereocenters. The van der Waals surface area contributed by atoms with Gasteiger partial charge in [0.15, 0.2) is 5.78 Å². The second kappa shape index (κ2) is 22.1. The molecule has 0 rings (SSSR count). The van der Waals surface area contributed by atoms with Crippen molar-refractivity contribution in [1.29, 1.82) is 0 Å². The number of nitrogens with zero attached hydrogens (tertiary/aromatic N) is 1. The molecule has 0 amide bonds. The van der Waals surface area contributed by atoms with Crippen molar-refractivity contribution in [1.82, 2.24) is 4.90 Å². The third-order valence-electron chi connectivity index (χ3n) is 5.43. The Morgan fingerprint density at radius 2 is 1.42 bits per heavy atom. The second-order valence-corrected chi connectivity index (χ2v) is 10.4. The van der Waals surface area contributed by atoms with Crippen LogP contribution in [-0.4, -0.2) is 75.9 Å². The van der Waals surface area contributed by atoms with Crippen molar-refractivity contribution in [3.8, 4) is 0 Å².